The number of anilines is 1. The SMILES string of the molecule is CC(Nc1ccccc1S(=O)(=O)N(C)C)C1CC1. The summed E-state index contributed by atoms with van der Waals surface area (Å²) in [5.74, 6) is 0.681. The number of nitrogens with one attached hydrogen (secondary N) is 1. The summed E-state index contributed by atoms with van der Waals surface area (Å²) in [7, 11) is -0.284. The fourth-order valence-corrected chi connectivity index (χ4v) is 3.02. The van der Waals surface area contributed by atoms with Crippen LogP contribution in [0.2, 0.25) is 0 Å². The van der Waals surface area contributed by atoms with Crippen molar-refractivity contribution in [3.63, 3.8) is 0 Å². The summed E-state index contributed by atoms with van der Waals surface area (Å²) < 4.78 is 25.7. The molecule has 0 amide bonds. The summed E-state index contributed by atoms with van der Waals surface area (Å²) >= 11 is 0. The molecule has 0 heterocycles. The van der Waals surface area contributed by atoms with Crippen molar-refractivity contribution in [1.29, 1.82) is 0 Å². The average Bonchev–Trinajstić information content (AvgIpc) is 3.13. The van der Waals surface area contributed by atoms with E-state index in [2.05, 4.69) is 12.2 Å². The van der Waals surface area contributed by atoms with Crippen LogP contribution in [0.25, 0.3) is 0 Å². The lowest BCUT2D eigenvalue weighted by Gasteiger charge is -2.19. The third-order valence-electron chi connectivity index (χ3n) is 3.36. The molecule has 0 aromatic heterocycles. The van der Waals surface area contributed by atoms with Crippen LogP contribution >= 0.6 is 0 Å². The first-order valence-corrected chi connectivity index (χ1v) is 7.65. The monoisotopic (exact) mass is 268 g/mol. The van der Waals surface area contributed by atoms with E-state index in [1.54, 1.807) is 26.2 Å². The molecule has 0 radical (unpaired) electrons. The van der Waals surface area contributed by atoms with E-state index >= 15 is 0 Å². The lowest BCUT2D eigenvalue weighted by molar-refractivity contribution is 0.521. The second kappa shape index (κ2) is 4.90. The van der Waals surface area contributed by atoms with Crippen LogP contribution in [0.5, 0.6) is 0 Å². The lowest BCUT2D eigenvalue weighted by Crippen LogP contribution is -2.25. The first kappa shape index (κ1) is 13.4. The van der Waals surface area contributed by atoms with Gasteiger partial charge < -0.3 is 5.32 Å². The predicted octanol–water partition coefficient (Wildman–Crippen LogP) is 2.15. The van der Waals surface area contributed by atoms with E-state index in [4.69, 9.17) is 0 Å². The number of hydrogen-bond donors (Lipinski definition) is 1. The second-order valence-corrected chi connectivity index (χ2v) is 7.17. The summed E-state index contributed by atoms with van der Waals surface area (Å²) in [5.41, 5.74) is 0.700. The molecule has 1 aliphatic rings. The molecule has 1 fully saturated rings. The molecule has 1 atom stereocenters. The van der Waals surface area contributed by atoms with Crippen LogP contribution in [0.4, 0.5) is 5.69 Å². The van der Waals surface area contributed by atoms with Crippen LogP contribution in [0.15, 0.2) is 29.2 Å². The summed E-state index contributed by atoms with van der Waals surface area (Å²) in [4.78, 5) is 0.350. The van der Waals surface area contributed by atoms with E-state index in [1.165, 1.54) is 17.1 Å². The van der Waals surface area contributed by atoms with Gasteiger partial charge >= 0.3 is 0 Å². The van der Waals surface area contributed by atoms with Crippen molar-refractivity contribution in [1.82, 2.24) is 4.31 Å². The first-order valence-electron chi connectivity index (χ1n) is 6.21. The highest BCUT2D eigenvalue weighted by Gasteiger charge is 2.29. The van der Waals surface area contributed by atoms with Crippen LogP contribution in [0, 0.1) is 5.92 Å². The fourth-order valence-electron chi connectivity index (χ4n) is 1.97. The van der Waals surface area contributed by atoms with E-state index < -0.39 is 10.0 Å². The molecule has 1 aliphatic carbocycles. The predicted molar refractivity (Wildman–Crippen MR) is 73.1 cm³/mol. The van der Waals surface area contributed by atoms with Crippen LogP contribution in [-0.4, -0.2) is 32.9 Å². The average molecular weight is 268 g/mol. The highest BCUT2D eigenvalue weighted by molar-refractivity contribution is 7.89. The van der Waals surface area contributed by atoms with Crippen molar-refractivity contribution >= 4 is 15.7 Å². The smallest absolute Gasteiger partial charge is 0.244 e. The van der Waals surface area contributed by atoms with Crippen molar-refractivity contribution in [2.24, 2.45) is 5.92 Å². The third kappa shape index (κ3) is 2.67. The highest BCUT2D eigenvalue weighted by Crippen LogP contribution is 2.35. The van der Waals surface area contributed by atoms with Gasteiger partial charge in [0.15, 0.2) is 0 Å². The summed E-state index contributed by atoms with van der Waals surface area (Å²) in [6.45, 7) is 2.11. The van der Waals surface area contributed by atoms with Gasteiger partial charge in [-0.2, -0.15) is 0 Å². The Morgan fingerprint density at radius 1 is 1.28 bits per heavy atom. The van der Waals surface area contributed by atoms with Gasteiger partial charge in [0, 0.05) is 20.1 Å². The first-order chi connectivity index (χ1) is 8.43. The lowest BCUT2D eigenvalue weighted by atomic mass is 10.2. The van der Waals surface area contributed by atoms with Gasteiger partial charge in [-0.05, 0) is 37.8 Å². The molecular weight excluding hydrogens is 248 g/mol. The third-order valence-corrected chi connectivity index (χ3v) is 5.23. The molecule has 0 spiro atoms. The van der Waals surface area contributed by atoms with Gasteiger partial charge in [-0.1, -0.05) is 12.1 Å². The molecule has 0 saturated heterocycles. The molecule has 1 unspecified atom stereocenters. The van der Waals surface area contributed by atoms with Crippen molar-refractivity contribution in [2.45, 2.75) is 30.7 Å². The Kier molecular flexibility index (Phi) is 3.64. The number of hydrogen-bond acceptors (Lipinski definition) is 3. The van der Waals surface area contributed by atoms with Crippen molar-refractivity contribution in [2.75, 3.05) is 19.4 Å². The van der Waals surface area contributed by atoms with Crippen LogP contribution in [0.3, 0.4) is 0 Å². The molecule has 0 bridgehead atoms. The normalized spacial score (nSPS) is 17.8. The Hall–Kier alpha value is -1.07. The maximum atomic E-state index is 12.2. The van der Waals surface area contributed by atoms with Gasteiger partial charge in [-0.15, -0.1) is 0 Å². The number of rotatable bonds is 5. The fraction of sp³-hybridized carbons (Fsp3) is 0.538. The van der Waals surface area contributed by atoms with Crippen molar-refractivity contribution in [3.8, 4) is 0 Å². The van der Waals surface area contributed by atoms with Gasteiger partial charge in [0.05, 0.1) is 5.69 Å². The Morgan fingerprint density at radius 3 is 2.44 bits per heavy atom. The molecule has 5 heteroatoms. The van der Waals surface area contributed by atoms with Crippen molar-refractivity contribution < 1.29 is 8.42 Å². The minimum Gasteiger partial charge on any atom is -0.381 e. The van der Waals surface area contributed by atoms with Gasteiger partial charge in [-0.25, -0.2) is 12.7 Å². The van der Waals surface area contributed by atoms with Crippen molar-refractivity contribution in [3.05, 3.63) is 24.3 Å². The summed E-state index contributed by atoms with van der Waals surface area (Å²) in [5, 5.41) is 3.33. The molecule has 0 aliphatic heterocycles. The van der Waals surface area contributed by atoms with Gasteiger partial charge in [0.1, 0.15) is 4.90 Å². The van der Waals surface area contributed by atoms with Gasteiger partial charge in [0.25, 0.3) is 0 Å². The maximum Gasteiger partial charge on any atom is 0.244 e. The van der Waals surface area contributed by atoms with E-state index in [0.29, 0.717) is 22.5 Å². The molecule has 1 saturated carbocycles. The van der Waals surface area contributed by atoms with Crippen LogP contribution in [-0.2, 0) is 10.0 Å². The summed E-state index contributed by atoms with van der Waals surface area (Å²) in [6, 6.07) is 7.41. The van der Waals surface area contributed by atoms with E-state index in [-0.39, 0.29) is 0 Å². The second-order valence-electron chi connectivity index (χ2n) is 5.05. The number of para-hydroxylation sites is 1. The molecule has 4 nitrogen and oxygen atoms in total. The summed E-state index contributed by atoms with van der Waals surface area (Å²) in [6.07, 6.45) is 2.47. The standard InChI is InChI=1S/C13H20N2O2S/c1-10(11-8-9-11)14-12-6-4-5-7-13(12)18(16,17)15(2)3/h4-7,10-11,14H,8-9H2,1-3H3. The van der Waals surface area contributed by atoms with E-state index in [1.807, 2.05) is 12.1 Å². The van der Waals surface area contributed by atoms with Crippen LogP contribution in [0.1, 0.15) is 19.8 Å². The molecule has 2 rings (SSSR count). The maximum absolute atomic E-state index is 12.2. The Labute approximate surface area is 109 Å². The molecule has 18 heavy (non-hydrogen) atoms. The molecular formula is C13H20N2O2S. The van der Waals surface area contributed by atoms with Crippen LogP contribution < -0.4 is 5.32 Å². The Balaban J connectivity index is 2.30. The van der Waals surface area contributed by atoms with Gasteiger partial charge in [0.2, 0.25) is 10.0 Å². The molecule has 1 N–H and O–H groups in total. The minimum absolute atomic E-state index is 0.323. The Morgan fingerprint density at radius 2 is 1.89 bits per heavy atom. The Bertz CT molecular complexity index is 522. The quantitative estimate of drug-likeness (QED) is 0.890. The zero-order chi connectivity index (χ0) is 13.3. The molecule has 100 valence electrons. The molecule has 1 aromatic carbocycles. The zero-order valence-electron chi connectivity index (χ0n) is 11.1. The van der Waals surface area contributed by atoms with E-state index in [0.717, 1.165) is 0 Å². The molecule has 1 aromatic rings. The largest absolute Gasteiger partial charge is 0.381 e. The number of nitrogens with zero attached hydrogens (tertiary/aromatic N) is 1. The van der Waals surface area contributed by atoms with E-state index in [9.17, 15) is 8.42 Å². The number of sulfonamides is 1. The highest BCUT2D eigenvalue weighted by atomic mass is 32.2. The minimum atomic E-state index is -3.39. The zero-order valence-corrected chi connectivity index (χ0v) is 11.9. The number of benzene rings is 1. The van der Waals surface area contributed by atoms with Gasteiger partial charge in [-0.3, -0.25) is 0 Å². The topological polar surface area (TPSA) is 49.4 Å².